The van der Waals surface area contributed by atoms with Crippen molar-refractivity contribution in [3.8, 4) is 17.6 Å². The highest BCUT2D eigenvalue weighted by Gasteiger charge is 2.72. The molecule has 1 aliphatic heterocycles. The Labute approximate surface area is 151 Å². The molecule has 0 bridgehead atoms. The first-order chi connectivity index (χ1) is 12.5. The van der Waals surface area contributed by atoms with E-state index in [1.165, 1.54) is 7.11 Å². The number of nitriles is 1. The molecule has 1 fully saturated rings. The number of hydrogen-bond donors (Lipinski definition) is 0. The van der Waals surface area contributed by atoms with Crippen molar-refractivity contribution >= 4 is 9.84 Å². The smallest absolute Gasteiger partial charge is 0.231 e. The molecule has 1 saturated carbocycles. The van der Waals surface area contributed by atoms with Crippen LogP contribution in [0.2, 0.25) is 0 Å². The zero-order valence-electron chi connectivity index (χ0n) is 14.1. The molecule has 2 aromatic rings. The van der Waals surface area contributed by atoms with Gasteiger partial charge >= 0.3 is 0 Å². The number of sulfone groups is 1. The second kappa shape index (κ2) is 6.01. The van der Waals surface area contributed by atoms with Gasteiger partial charge in [-0.1, -0.05) is 24.3 Å². The van der Waals surface area contributed by atoms with E-state index in [0.717, 1.165) is 5.56 Å². The first kappa shape index (κ1) is 16.9. The fraction of sp³-hybridized carbons (Fsp3) is 0.316. The lowest BCUT2D eigenvalue weighted by atomic mass is 10.0. The van der Waals surface area contributed by atoms with Crippen LogP contribution in [-0.4, -0.2) is 34.2 Å². The van der Waals surface area contributed by atoms with Crippen molar-refractivity contribution in [2.45, 2.75) is 16.1 Å². The maximum absolute atomic E-state index is 13.2. The molecule has 0 N–H and O–H groups in total. The van der Waals surface area contributed by atoms with Crippen LogP contribution >= 0.6 is 0 Å². The Kier molecular flexibility index (Phi) is 3.90. The minimum atomic E-state index is -3.69. The summed E-state index contributed by atoms with van der Waals surface area (Å²) in [6.07, 6.45) is 0. The molecule has 0 saturated heterocycles. The Hall–Kier alpha value is -2.56. The van der Waals surface area contributed by atoms with E-state index in [9.17, 15) is 13.7 Å². The summed E-state index contributed by atoms with van der Waals surface area (Å²) >= 11 is 0. The summed E-state index contributed by atoms with van der Waals surface area (Å²) in [6.45, 7) is 0.177. The molecule has 3 atom stereocenters. The van der Waals surface area contributed by atoms with E-state index in [1.807, 2.05) is 0 Å². The summed E-state index contributed by atoms with van der Waals surface area (Å²) < 4.78 is 42.3. The van der Waals surface area contributed by atoms with Gasteiger partial charge in [0.25, 0.3) is 0 Å². The van der Waals surface area contributed by atoms with Crippen molar-refractivity contribution in [3.63, 3.8) is 0 Å². The van der Waals surface area contributed by atoms with Crippen LogP contribution in [0.3, 0.4) is 0 Å². The van der Waals surface area contributed by atoms with Gasteiger partial charge in [-0.15, -0.1) is 0 Å². The maximum Gasteiger partial charge on any atom is 0.231 e. The first-order valence-corrected chi connectivity index (χ1v) is 9.68. The van der Waals surface area contributed by atoms with Gasteiger partial charge in [-0.25, -0.2) is 8.42 Å². The summed E-state index contributed by atoms with van der Waals surface area (Å²) in [5.41, 5.74) is -0.394. The monoisotopic (exact) mass is 371 g/mol. The zero-order valence-corrected chi connectivity index (χ0v) is 14.9. The van der Waals surface area contributed by atoms with Crippen LogP contribution in [0.5, 0.6) is 11.5 Å². The SMILES string of the molecule is COC[C@]1(C#N)[C@H](c2ccc3c(c2)OCO3)[C@H]1S(=O)(=O)c1ccccc1. The number of nitrogens with zero attached hydrogens (tertiary/aromatic N) is 1. The number of rotatable bonds is 5. The molecular formula is C19H17NO5S. The Balaban J connectivity index is 1.79. The largest absolute Gasteiger partial charge is 0.454 e. The molecule has 0 amide bonds. The third kappa shape index (κ3) is 2.37. The number of methoxy groups -OCH3 is 1. The van der Waals surface area contributed by atoms with Crippen molar-refractivity contribution in [1.82, 2.24) is 0 Å². The molecular weight excluding hydrogens is 354 g/mol. The van der Waals surface area contributed by atoms with Gasteiger partial charge in [-0.3, -0.25) is 0 Å². The van der Waals surface area contributed by atoms with Crippen molar-refractivity contribution in [1.29, 1.82) is 5.26 Å². The van der Waals surface area contributed by atoms with Crippen molar-refractivity contribution in [3.05, 3.63) is 54.1 Å². The van der Waals surface area contributed by atoms with Crippen LogP contribution < -0.4 is 9.47 Å². The van der Waals surface area contributed by atoms with Crippen molar-refractivity contribution in [2.24, 2.45) is 5.41 Å². The number of benzene rings is 2. The molecule has 2 aliphatic rings. The first-order valence-electron chi connectivity index (χ1n) is 8.13. The molecule has 134 valence electrons. The van der Waals surface area contributed by atoms with Gasteiger partial charge in [-0.2, -0.15) is 5.26 Å². The Morgan fingerprint density at radius 2 is 1.92 bits per heavy atom. The number of hydrogen-bond acceptors (Lipinski definition) is 6. The van der Waals surface area contributed by atoms with Gasteiger partial charge in [0.05, 0.1) is 22.8 Å². The predicted molar refractivity (Wildman–Crippen MR) is 92.6 cm³/mol. The topological polar surface area (TPSA) is 85.6 Å². The van der Waals surface area contributed by atoms with E-state index >= 15 is 0 Å². The van der Waals surface area contributed by atoms with Gasteiger partial charge in [0.2, 0.25) is 6.79 Å². The molecule has 6 nitrogen and oxygen atoms in total. The van der Waals surface area contributed by atoms with Crippen LogP contribution in [0.4, 0.5) is 0 Å². The van der Waals surface area contributed by atoms with Gasteiger partial charge in [-0.05, 0) is 29.8 Å². The van der Waals surface area contributed by atoms with Gasteiger partial charge in [0.1, 0.15) is 5.41 Å². The summed E-state index contributed by atoms with van der Waals surface area (Å²) in [5.74, 6) is 0.688. The Morgan fingerprint density at radius 1 is 1.19 bits per heavy atom. The fourth-order valence-electron chi connectivity index (χ4n) is 3.77. The van der Waals surface area contributed by atoms with Crippen LogP contribution in [0, 0.1) is 16.7 Å². The van der Waals surface area contributed by atoms with Crippen LogP contribution in [0.1, 0.15) is 11.5 Å². The zero-order chi connectivity index (χ0) is 18.4. The third-order valence-corrected chi connectivity index (χ3v) is 7.30. The molecule has 26 heavy (non-hydrogen) atoms. The minimum Gasteiger partial charge on any atom is -0.454 e. The molecule has 1 heterocycles. The highest BCUT2D eigenvalue weighted by atomic mass is 32.2. The standard InChI is InChI=1S/C19H17NO5S/c1-23-11-19(10-20)17(13-7-8-15-16(9-13)25-12-24-15)18(19)26(21,22)14-5-3-2-4-6-14/h2-9,17-18H,11-12H2,1H3/t17-,18-,19-/m1/s1. The molecule has 7 heteroatoms. The number of fused-ring (bicyclic) bond motifs is 1. The van der Waals surface area contributed by atoms with E-state index in [1.54, 1.807) is 48.5 Å². The summed E-state index contributed by atoms with van der Waals surface area (Å²) in [7, 11) is -2.22. The van der Waals surface area contributed by atoms with Gasteiger partial charge in [0, 0.05) is 13.0 Å². The minimum absolute atomic E-state index is 0.0410. The highest BCUT2D eigenvalue weighted by Crippen LogP contribution is 2.64. The highest BCUT2D eigenvalue weighted by molar-refractivity contribution is 7.92. The Bertz CT molecular complexity index is 983. The van der Waals surface area contributed by atoms with Crippen LogP contribution in [-0.2, 0) is 14.6 Å². The number of ether oxygens (including phenoxy) is 3. The lowest BCUT2D eigenvalue weighted by Gasteiger charge is -2.08. The Morgan fingerprint density at radius 3 is 2.62 bits per heavy atom. The predicted octanol–water partition coefficient (Wildman–Crippen LogP) is 2.51. The molecule has 0 aromatic heterocycles. The van der Waals surface area contributed by atoms with E-state index in [-0.39, 0.29) is 18.3 Å². The summed E-state index contributed by atoms with van der Waals surface area (Å²) in [4.78, 5) is 0.212. The second-order valence-corrected chi connectivity index (χ2v) is 8.52. The van der Waals surface area contributed by atoms with E-state index in [4.69, 9.17) is 14.2 Å². The molecule has 0 spiro atoms. The summed E-state index contributed by atoms with van der Waals surface area (Å²) in [6, 6.07) is 15.7. The lowest BCUT2D eigenvalue weighted by Crippen LogP contribution is -2.19. The van der Waals surface area contributed by atoms with Crippen LogP contribution in [0.25, 0.3) is 0 Å². The molecule has 2 aromatic carbocycles. The normalized spacial score (nSPS) is 26.3. The van der Waals surface area contributed by atoms with E-state index < -0.39 is 26.4 Å². The average Bonchev–Trinajstić information content (AvgIpc) is 3.10. The fourth-order valence-corrected chi connectivity index (χ4v) is 6.10. The third-order valence-electron chi connectivity index (χ3n) is 5.01. The molecule has 4 rings (SSSR count). The lowest BCUT2D eigenvalue weighted by molar-refractivity contribution is 0.162. The molecule has 0 radical (unpaired) electrons. The maximum atomic E-state index is 13.2. The average molecular weight is 371 g/mol. The van der Waals surface area contributed by atoms with Crippen molar-refractivity contribution in [2.75, 3.05) is 20.5 Å². The van der Waals surface area contributed by atoms with E-state index in [2.05, 4.69) is 6.07 Å². The van der Waals surface area contributed by atoms with E-state index in [0.29, 0.717) is 11.5 Å². The molecule has 1 aliphatic carbocycles. The second-order valence-electron chi connectivity index (χ2n) is 6.45. The summed E-state index contributed by atoms with van der Waals surface area (Å²) in [5, 5.41) is 8.97. The van der Waals surface area contributed by atoms with Crippen LogP contribution in [0.15, 0.2) is 53.4 Å². The quantitative estimate of drug-likeness (QED) is 0.803. The van der Waals surface area contributed by atoms with Gasteiger partial charge in [0.15, 0.2) is 21.3 Å². The van der Waals surface area contributed by atoms with Gasteiger partial charge < -0.3 is 14.2 Å². The van der Waals surface area contributed by atoms with Crippen molar-refractivity contribution < 1.29 is 22.6 Å². The molecule has 0 unspecified atom stereocenters.